The zero-order valence-electron chi connectivity index (χ0n) is 59.7. The molecular weight excluding hydrogens is 1020 g/mol. The third-order valence-electron chi connectivity index (χ3n) is 21.1. The number of carboxylic acids is 1. The van der Waals surface area contributed by atoms with Gasteiger partial charge in [0, 0.05) is 0 Å². The van der Waals surface area contributed by atoms with E-state index in [4.69, 9.17) is 0 Å². The molecule has 504 valence electrons. The molecule has 0 amide bonds. The van der Waals surface area contributed by atoms with Gasteiger partial charge in [-0.1, -0.05) is 478 Å². The molecule has 0 aliphatic rings. The number of carboxylic acid groups (broad SMARTS) is 1. The summed E-state index contributed by atoms with van der Waals surface area (Å²) in [5.41, 5.74) is -0.649. The summed E-state index contributed by atoms with van der Waals surface area (Å²) in [6.07, 6.45) is 101. The van der Waals surface area contributed by atoms with Crippen molar-refractivity contribution in [1.82, 2.24) is 0 Å². The molecule has 0 saturated heterocycles. The van der Waals surface area contributed by atoms with E-state index in [1.165, 1.54) is 449 Å². The number of carbonyl (C=O) groups is 1. The molecule has 84 heavy (non-hydrogen) atoms. The Morgan fingerprint density at radius 2 is 0.286 bits per heavy atom. The minimum atomic E-state index is -0.577. The molecule has 0 heterocycles. The first kappa shape index (κ1) is 83.5. The maximum atomic E-state index is 14.8. The summed E-state index contributed by atoms with van der Waals surface area (Å²) < 4.78 is 0. The van der Waals surface area contributed by atoms with Crippen molar-refractivity contribution in [2.24, 2.45) is 10.8 Å². The van der Waals surface area contributed by atoms with E-state index < -0.39 is 5.41 Å². The number of aliphatic carboxylic acids is 1. The number of rotatable bonds is 76. The molecular formula is C82H164O2. The molecule has 0 fully saturated rings. The Labute approximate surface area is 533 Å². The first-order chi connectivity index (χ1) is 41.5. The van der Waals surface area contributed by atoms with Crippen molar-refractivity contribution in [1.29, 1.82) is 0 Å². The smallest absolute Gasteiger partial charge is 0.310 e. The summed E-state index contributed by atoms with van der Waals surface area (Å²) in [5.74, 6) is -0.378. The summed E-state index contributed by atoms with van der Waals surface area (Å²) in [6.45, 7) is 11.6. The highest BCUT2D eigenvalue weighted by Gasteiger charge is 2.54. The SMILES string of the molecule is CCCCCCCCCCCCCCCCCCC(CCCCCCCCCCCCCCC)(CCCCCCCCCCCCCCCCCC)C(CCCCCCCCCCCCCC)(CCCCCCCCCCCCCC)C(=O)O. The summed E-state index contributed by atoms with van der Waals surface area (Å²) in [4.78, 5) is 14.8. The van der Waals surface area contributed by atoms with Crippen molar-refractivity contribution in [3.63, 3.8) is 0 Å². The number of hydrogen-bond donors (Lipinski definition) is 1. The van der Waals surface area contributed by atoms with Crippen LogP contribution in [0.2, 0.25) is 0 Å². The van der Waals surface area contributed by atoms with Gasteiger partial charge in [0.25, 0.3) is 0 Å². The number of hydrogen-bond acceptors (Lipinski definition) is 1. The topological polar surface area (TPSA) is 37.3 Å². The van der Waals surface area contributed by atoms with Gasteiger partial charge < -0.3 is 5.11 Å². The van der Waals surface area contributed by atoms with Crippen LogP contribution in [-0.2, 0) is 4.79 Å². The van der Waals surface area contributed by atoms with Crippen molar-refractivity contribution < 1.29 is 9.90 Å². The Hall–Kier alpha value is -0.530. The molecule has 2 nitrogen and oxygen atoms in total. The molecule has 0 radical (unpaired) electrons. The molecule has 0 unspecified atom stereocenters. The predicted molar refractivity (Wildman–Crippen MR) is 383 cm³/mol. The predicted octanol–water partition coefficient (Wildman–Crippen LogP) is 31.0. The average molecular weight is 1180 g/mol. The zero-order valence-corrected chi connectivity index (χ0v) is 59.7. The van der Waals surface area contributed by atoms with E-state index >= 15 is 0 Å². The van der Waals surface area contributed by atoms with Gasteiger partial charge in [0.2, 0.25) is 0 Å². The van der Waals surface area contributed by atoms with E-state index in [0.29, 0.717) is 0 Å². The van der Waals surface area contributed by atoms with Crippen LogP contribution < -0.4 is 0 Å². The van der Waals surface area contributed by atoms with Crippen LogP contribution >= 0.6 is 0 Å². The Morgan fingerprint density at radius 3 is 0.405 bits per heavy atom. The maximum Gasteiger partial charge on any atom is 0.310 e. The average Bonchev–Trinajstić information content (AvgIpc) is 2.67. The second-order valence-corrected chi connectivity index (χ2v) is 29.0. The maximum absolute atomic E-state index is 14.8. The molecule has 0 aromatic heterocycles. The van der Waals surface area contributed by atoms with Crippen LogP contribution in [-0.4, -0.2) is 11.1 Å². The van der Waals surface area contributed by atoms with Crippen molar-refractivity contribution >= 4 is 5.97 Å². The van der Waals surface area contributed by atoms with Crippen LogP contribution in [0.15, 0.2) is 0 Å². The standard InChI is InChI=1S/C82H164O2/c1-6-11-16-21-26-31-36-41-43-45-48-51-56-61-66-71-76-81(75-70-65-60-55-50-47-38-33-28-23-18-13-8-3,77-72-67-62-57-52-49-46-44-42-37-32-27-22-17-12-7-2)82(80(83)84,78-73-68-63-58-53-39-34-29-24-19-14-9-4)79-74-69-64-59-54-40-35-30-25-20-15-10-5/h6-79H2,1-5H3,(H,83,84). The van der Waals surface area contributed by atoms with Gasteiger partial charge in [-0.3, -0.25) is 4.79 Å². The Bertz CT molecular complexity index is 1140. The van der Waals surface area contributed by atoms with Crippen molar-refractivity contribution in [3.05, 3.63) is 0 Å². The van der Waals surface area contributed by atoms with Crippen molar-refractivity contribution in [2.75, 3.05) is 0 Å². The molecule has 2 heteroatoms. The second kappa shape index (κ2) is 69.9. The van der Waals surface area contributed by atoms with Crippen LogP contribution in [0.5, 0.6) is 0 Å². The van der Waals surface area contributed by atoms with E-state index in [1.54, 1.807) is 0 Å². The molecule has 1 N–H and O–H groups in total. The molecule has 0 spiro atoms. The van der Waals surface area contributed by atoms with Gasteiger partial charge in [0.1, 0.15) is 0 Å². The van der Waals surface area contributed by atoms with E-state index in [0.717, 1.165) is 25.7 Å². The molecule has 0 aliphatic heterocycles. The Balaban J connectivity index is 6.24. The molecule has 0 aromatic carbocycles. The lowest BCUT2D eigenvalue weighted by molar-refractivity contribution is -0.164. The fourth-order valence-electron chi connectivity index (χ4n) is 15.2. The molecule has 0 saturated carbocycles. The second-order valence-electron chi connectivity index (χ2n) is 29.0. The Morgan fingerprint density at radius 1 is 0.179 bits per heavy atom. The normalized spacial score (nSPS) is 12.2. The highest BCUT2D eigenvalue weighted by atomic mass is 16.4. The van der Waals surface area contributed by atoms with Crippen LogP contribution in [0, 0.1) is 10.8 Å². The third kappa shape index (κ3) is 54.4. The van der Waals surface area contributed by atoms with E-state index in [-0.39, 0.29) is 11.4 Å². The van der Waals surface area contributed by atoms with E-state index in [2.05, 4.69) is 34.6 Å². The fourth-order valence-corrected chi connectivity index (χ4v) is 15.2. The molecule has 0 bridgehead atoms. The summed E-state index contributed by atoms with van der Waals surface area (Å²) in [5, 5.41) is 12.2. The van der Waals surface area contributed by atoms with Gasteiger partial charge in [-0.15, -0.1) is 0 Å². The summed E-state index contributed by atoms with van der Waals surface area (Å²) >= 11 is 0. The number of unbranched alkanes of at least 4 members (excludes halogenated alkanes) is 64. The zero-order chi connectivity index (χ0) is 60.9. The lowest BCUT2D eigenvalue weighted by atomic mass is 9.53. The largest absolute Gasteiger partial charge is 0.481 e. The van der Waals surface area contributed by atoms with Gasteiger partial charge in [-0.25, -0.2) is 0 Å². The van der Waals surface area contributed by atoms with Gasteiger partial charge >= 0.3 is 5.97 Å². The summed E-state index contributed by atoms with van der Waals surface area (Å²) in [7, 11) is 0. The monoisotopic (exact) mass is 1180 g/mol. The molecule has 0 atom stereocenters. The van der Waals surface area contributed by atoms with Crippen LogP contribution in [0.1, 0.15) is 510 Å². The minimum absolute atomic E-state index is 0.0713. The van der Waals surface area contributed by atoms with Gasteiger partial charge in [0.05, 0.1) is 5.41 Å². The minimum Gasteiger partial charge on any atom is -0.481 e. The first-order valence-electron chi connectivity index (χ1n) is 40.7. The first-order valence-corrected chi connectivity index (χ1v) is 40.7. The van der Waals surface area contributed by atoms with E-state index in [1.807, 2.05) is 0 Å². The van der Waals surface area contributed by atoms with Gasteiger partial charge in [-0.05, 0) is 37.5 Å². The fraction of sp³-hybridized carbons (Fsp3) is 0.988. The quantitative estimate of drug-likeness (QED) is 0.0616. The van der Waals surface area contributed by atoms with Gasteiger partial charge in [-0.2, -0.15) is 0 Å². The van der Waals surface area contributed by atoms with Crippen molar-refractivity contribution in [2.45, 2.75) is 510 Å². The molecule has 0 aliphatic carbocycles. The van der Waals surface area contributed by atoms with Crippen LogP contribution in [0.3, 0.4) is 0 Å². The summed E-state index contributed by atoms with van der Waals surface area (Å²) in [6, 6.07) is 0. The molecule has 0 rings (SSSR count). The van der Waals surface area contributed by atoms with Gasteiger partial charge in [0.15, 0.2) is 0 Å². The van der Waals surface area contributed by atoms with Crippen molar-refractivity contribution in [3.8, 4) is 0 Å². The molecule has 0 aromatic rings. The lowest BCUT2D eigenvalue weighted by Gasteiger charge is -2.50. The highest BCUT2D eigenvalue weighted by Crippen LogP contribution is 2.57. The lowest BCUT2D eigenvalue weighted by Crippen LogP contribution is -2.48. The van der Waals surface area contributed by atoms with Crippen LogP contribution in [0.4, 0.5) is 0 Å². The third-order valence-corrected chi connectivity index (χ3v) is 21.1. The van der Waals surface area contributed by atoms with E-state index in [9.17, 15) is 9.90 Å². The Kier molecular flexibility index (Phi) is 69.5. The highest BCUT2D eigenvalue weighted by molar-refractivity contribution is 5.76. The van der Waals surface area contributed by atoms with Crippen LogP contribution in [0.25, 0.3) is 0 Å².